The van der Waals surface area contributed by atoms with Crippen molar-refractivity contribution in [1.29, 1.82) is 0 Å². The van der Waals surface area contributed by atoms with E-state index in [0.29, 0.717) is 11.8 Å². The Morgan fingerprint density at radius 3 is 2.76 bits per heavy atom. The molecule has 0 radical (unpaired) electrons. The molecule has 2 aromatic rings. The van der Waals surface area contributed by atoms with Crippen LogP contribution in [0.3, 0.4) is 0 Å². The van der Waals surface area contributed by atoms with Crippen molar-refractivity contribution in [2.75, 3.05) is 0 Å². The summed E-state index contributed by atoms with van der Waals surface area (Å²) in [6.07, 6.45) is 1.99. The Bertz CT molecular complexity index is 620. The SMILES string of the molecule is CCn1nc(C)c(Cl)c1CC(N)C1CC1c1ccccc1. The maximum Gasteiger partial charge on any atom is 0.0847 e. The molecule has 4 heteroatoms. The van der Waals surface area contributed by atoms with Crippen LogP contribution >= 0.6 is 11.6 Å². The number of rotatable bonds is 5. The van der Waals surface area contributed by atoms with E-state index in [9.17, 15) is 0 Å². The second-order valence-corrected chi connectivity index (χ2v) is 6.32. The molecule has 0 bridgehead atoms. The van der Waals surface area contributed by atoms with Gasteiger partial charge in [-0.25, -0.2) is 0 Å². The number of aryl methyl sites for hydroxylation is 2. The Hall–Kier alpha value is -1.32. The van der Waals surface area contributed by atoms with Crippen LogP contribution in [0, 0.1) is 12.8 Å². The molecule has 0 saturated heterocycles. The third-order valence-corrected chi connectivity index (χ3v) is 4.99. The summed E-state index contributed by atoms with van der Waals surface area (Å²) in [6.45, 7) is 4.87. The van der Waals surface area contributed by atoms with Gasteiger partial charge in [-0.05, 0) is 37.7 Å². The van der Waals surface area contributed by atoms with E-state index in [-0.39, 0.29) is 6.04 Å². The van der Waals surface area contributed by atoms with Crippen LogP contribution in [0.1, 0.15) is 36.2 Å². The predicted molar refractivity (Wildman–Crippen MR) is 86.6 cm³/mol. The molecule has 1 aromatic carbocycles. The molecule has 0 spiro atoms. The van der Waals surface area contributed by atoms with Crippen LogP contribution in [0.15, 0.2) is 30.3 Å². The molecular formula is C17H22ClN3. The zero-order valence-electron chi connectivity index (χ0n) is 12.6. The number of aromatic nitrogens is 2. The van der Waals surface area contributed by atoms with Gasteiger partial charge in [0.1, 0.15) is 0 Å². The van der Waals surface area contributed by atoms with Gasteiger partial charge in [-0.1, -0.05) is 41.9 Å². The topological polar surface area (TPSA) is 43.8 Å². The van der Waals surface area contributed by atoms with Crippen LogP contribution in [0.5, 0.6) is 0 Å². The molecule has 1 aliphatic carbocycles. The average Bonchev–Trinajstić information content (AvgIpc) is 3.26. The summed E-state index contributed by atoms with van der Waals surface area (Å²) in [5.74, 6) is 1.17. The molecule has 3 unspecified atom stereocenters. The minimum absolute atomic E-state index is 0.147. The van der Waals surface area contributed by atoms with Gasteiger partial charge in [0.05, 0.1) is 16.4 Å². The van der Waals surface area contributed by atoms with Gasteiger partial charge in [0.2, 0.25) is 0 Å². The van der Waals surface area contributed by atoms with Crippen molar-refractivity contribution in [2.45, 2.75) is 45.2 Å². The van der Waals surface area contributed by atoms with Crippen molar-refractivity contribution < 1.29 is 0 Å². The highest BCUT2D eigenvalue weighted by molar-refractivity contribution is 6.31. The van der Waals surface area contributed by atoms with Gasteiger partial charge in [-0.15, -0.1) is 0 Å². The number of hydrogen-bond donors (Lipinski definition) is 1. The molecule has 1 fully saturated rings. The van der Waals surface area contributed by atoms with E-state index < -0.39 is 0 Å². The summed E-state index contributed by atoms with van der Waals surface area (Å²) >= 11 is 6.38. The zero-order valence-corrected chi connectivity index (χ0v) is 13.3. The quantitative estimate of drug-likeness (QED) is 0.918. The number of nitrogens with two attached hydrogens (primary N) is 1. The van der Waals surface area contributed by atoms with Crippen LogP contribution in [0.2, 0.25) is 5.02 Å². The smallest absolute Gasteiger partial charge is 0.0847 e. The van der Waals surface area contributed by atoms with Gasteiger partial charge < -0.3 is 5.73 Å². The predicted octanol–water partition coefficient (Wildman–Crippen LogP) is 3.54. The molecule has 1 aromatic heterocycles. The summed E-state index contributed by atoms with van der Waals surface area (Å²) in [4.78, 5) is 0. The first-order valence-corrected chi connectivity index (χ1v) is 8.02. The van der Waals surface area contributed by atoms with Crippen LogP contribution in [-0.4, -0.2) is 15.8 Å². The van der Waals surface area contributed by atoms with E-state index in [2.05, 4.69) is 42.4 Å². The van der Waals surface area contributed by atoms with Gasteiger partial charge in [0.25, 0.3) is 0 Å². The monoisotopic (exact) mass is 303 g/mol. The minimum atomic E-state index is 0.147. The largest absolute Gasteiger partial charge is 0.327 e. The lowest BCUT2D eigenvalue weighted by atomic mass is 10.0. The highest BCUT2D eigenvalue weighted by atomic mass is 35.5. The summed E-state index contributed by atoms with van der Waals surface area (Å²) in [5, 5.41) is 5.25. The van der Waals surface area contributed by atoms with E-state index in [1.165, 1.54) is 12.0 Å². The van der Waals surface area contributed by atoms with Gasteiger partial charge in [-0.3, -0.25) is 4.68 Å². The van der Waals surface area contributed by atoms with Crippen molar-refractivity contribution in [3.05, 3.63) is 52.3 Å². The minimum Gasteiger partial charge on any atom is -0.327 e. The van der Waals surface area contributed by atoms with Crippen molar-refractivity contribution in [3.63, 3.8) is 0 Å². The summed E-state index contributed by atoms with van der Waals surface area (Å²) in [5.41, 5.74) is 9.83. The van der Waals surface area contributed by atoms with Gasteiger partial charge in [-0.2, -0.15) is 5.10 Å². The fourth-order valence-corrected chi connectivity index (χ4v) is 3.42. The highest BCUT2D eigenvalue weighted by Crippen LogP contribution is 2.49. The average molecular weight is 304 g/mol. The molecule has 3 rings (SSSR count). The standard InChI is InChI=1S/C17H22ClN3/c1-3-21-16(17(18)11(2)20-21)10-15(19)14-9-13(14)12-7-5-4-6-8-12/h4-8,13-15H,3,9-10,19H2,1-2H3. The van der Waals surface area contributed by atoms with E-state index in [1.54, 1.807) is 0 Å². The van der Waals surface area contributed by atoms with Crippen molar-refractivity contribution in [3.8, 4) is 0 Å². The molecule has 0 amide bonds. The number of nitrogens with zero attached hydrogens (tertiary/aromatic N) is 2. The number of benzene rings is 1. The normalized spacial score (nSPS) is 22.3. The molecular weight excluding hydrogens is 282 g/mol. The maximum atomic E-state index is 6.44. The summed E-state index contributed by atoms with van der Waals surface area (Å²) in [7, 11) is 0. The third kappa shape index (κ3) is 2.85. The summed E-state index contributed by atoms with van der Waals surface area (Å²) < 4.78 is 1.98. The Morgan fingerprint density at radius 2 is 2.10 bits per heavy atom. The second kappa shape index (κ2) is 5.82. The van der Waals surface area contributed by atoms with E-state index in [1.807, 2.05) is 11.6 Å². The zero-order chi connectivity index (χ0) is 15.0. The van der Waals surface area contributed by atoms with Crippen LogP contribution in [0.4, 0.5) is 0 Å². The number of halogens is 1. The lowest BCUT2D eigenvalue weighted by molar-refractivity contribution is 0.534. The first-order chi connectivity index (χ1) is 10.1. The van der Waals surface area contributed by atoms with E-state index >= 15 is 0 Å². The fraction of sp³-hybridized carbons (Fsp3) is 0.471. The molecule has 3 atom stereocenters. The van der Waals surface area contributed by atoms with Crippen molar-refractivity contribution in [2.24, 2.45) is 11.7 Å². The van der Waals surface area contributed by atoms with Crippen LogP contribution < -0.4 is 5.73 Å². The van der Waals surface area contributed by atoms with Crippen molar-refractivity contribution >= 4 is 11.6 Å². The van der Waals surface area contributed by atoms with Gasteiger partial charge in [0.15, 0.2) is 0 Å². The first kappa shape index (κ1) is 14.6. The van der Waals surface area contributed by atoms with Gasteiger partial charge >= 0.3 is 0 Å². The Morgan fingerprint density at radius 1 is 1.38 bits per heavy atom. The molecule has 112 valence electrons. The Kier molecular flexibility index (Phi) is 4.05. The van der Waals surface area contributed by atoms with Crippen LogP contribution in [-0.2, 0) is 13.0 Å². The highest BCUT2D eigenvalue weighted by Gasteiger charge is 2.42. The fourth-order valence-electron chi connectivity index (χ4n) is 3.21. The first-order valence-electron chi connectivity index (χ1n) is 7.64. The Balaban J connectivity index is 1.70. The molecule has 1 saturated carbocycles. The molecule has 1 heterocycles. The van der Waals surface area contributed by atoms with Gasteiger partial charge in [0, 0.05) is 19.0 Å². The number of hydrogen-bond acceptors (Lipinski definition) is 2. The third-order valence-electron chi connectivity index (χ3n) is 4.50. The molecule has 1 aliphatic rings. The summed E-state index contributed by atoms with van der Waals surface area (Å²) in [6, 6.07) is 10.8. The van der Waals surface area contributed by atoms with E-state index in [4.69, 9.17) is 17.3 Å². The van der Waals surface area contributed by atoms with Crippen LogP contribution in [0.25, 0.3) is 0 Å². The molecule has 2 N–H and O–H groups in total. The lowest BCUT2D eigenvalue weighted by Crippen LogP contribution is -2.27. The lowest BCUT2D eigenvalue weighted by Gasteiger charge is -2.13. The second-order valence-electron chi connectivity index (χ2n) is 5.95. The molecule has 21 heavy (non-hydrogen) atoms. The maximum absolute atomic E-state index is 6.44. The molecule has 0 aliphatic heterocycles. The van der Waals surface area contributed by atoms with E-state index in [0.717, 1.165) is 29.4 Å². The Labute approximate surface area is 131 Å². The molecule has 3 nitrogen and oxygen atoms in total. The van der Waals surface area contributed by atoms with Crippen molar-refractivity contribution in [1.82, 2.24) is 9.78 Å².